The van der Waals surface area contributed by atoms with Crippen molar-refractivity contribution in [2.75, 3.05) is 6.54 Å². The molecule has 0 unspecified atom stereocenters. The molecule has 2 N–H and O–H groups in total. The molecular formula is C15H20F3NO. The van der Waals surface area contributed by atoms with Gasteiger partial charge in [-0.15, -0.1) is 0 Å². The van der Waals surface area contributed by atoms with E-state index in [1.165, 1.54) is 18.6 Å². The van der Waals surface area contributed by atoms with Gasteiger partial charge in [-0.2, -0.15) is 13.2 Å². The molecule has 0 bridgehead atoms. The predicted molar refractivity (Wildman–Crippen MR) is 71.2 cm³/mol. The summed E-state index contributed by atoms with van der Waals surface area (Å²) in [4.78, 5) is 0. The second-order valence-electron chi connectivity index (χ2n) is 5.58. The van der Waals surface area contributed by atoms with E-state index in [2.05, 4.69) is 5.32 Å². The Labute approximate surface area is 117 Å². The highest BCUT2D eigenvalue weighted by molar-refractivity contribution is 5.24. The normalized spacial score (nSPS) is 19.0. The molecule has 0 radical (unpaired) electrons. The fourth-order valence-corrected chi connectivity index (χ4v) is 2.64. The smallest absolute Gasteiger partial charge is 0.389 e. The largest absolute Gasteiger partial charge is 0.416 e. The van der Waals surface area contributed by atoms with E-state index in [0.717, 1.165) is 43.4 Å². The van der Waals surface area contributed by atoms with Crippen LogP contribution in [0.4, 0.5) is 13.2 Å². The Morgan fingerprint density at radius 2 is 1.65 bits per heavy atom. The Kier molecular flexibility index (Phi) is 4.70. The van der Waals surface area contributed by atoms with Gasteiger partial charge >= 0.3 is 6.18 Å². The molecule has 1 aliphatic rings. The van der Waals surface area contributed by atoms with Crippen LogP contribution in [0.1, 0.15) is 43.2 Å². The van der Waals surface area contributed by atoms with E-state index in [0.29, 0.717) is 13.1 Å². The number of hydrogen-bond acceptors (Lipinski definition) is 2. The molecule has 0 aliphatic heterocycles. The molecule has 2 nitrogen and oxygen atoms in total. The monoisotopic (exact) mass is 287 g/mol. The van der Waals surface area contributed by atoms with Crippen molar-refractivity contribution < 1.29 is 18.3 Å². The van der Waals surface area contributed by atoms with Crippen LogP contribution in [0.25, 0.3) is 0 Å². The Bertz CT molecular complexity index is 422. The second kappa shape index (κ2) is 6.14. The fourth-order valence-electron chi connectivity index (χ4n) is 2.64. The van der Waals surface area contributed by atoms with Crippen molar-refractivity contribution in [3.8, 4) is 0 Å². The first-order chi connectivity index (χ1) is 9.39. The van der Waals surface area contributed by atoms with Crippen LogP contribution >= 0.6 is 0 Å². The summed E-state index contributed by atoms with van der Waals surface area (Å²) in [6.45, 7) is 0.967. The van der Waals surface area contributed by atoms with Crippen LogP contribution in [0, 0.1) is 0 Å². The van der Waals surface area contributed by atoms with Crippen molar-refractivity contribution in [2.24, 2.45) is 0 Å². The summed E-state index contributed by atoms with van der Waals surface area (Å²) in [6, 6.07) is 5.13. The summed E-state index contributed by atoms with van der Waals surface area (Å²) in [7, 11) is 0. The zero-order valence-corrected chi connectivity index (χ0v) is 11.3. The quantitative estimate of drug-likeness (QED) is 0.888. The molecule has 0 saturated heterocycles. The first-order valence-corrected chi connectivity index (χ1v) is 6.98. The van der Waals surface area contributed by atoms with Gasteiger partial charge in [0.25, 0.3) is 0 Å². The summed E-state index contributed by atoms with van der Waals surface area (Å²) in [6.07, 6.45) is 0.557. The van der Waals surface area contributed by atoms with E-state index in [9.17, 15) is 18.3 Å². The van der Waals surface area contributed by atoms with Gasteiger partial charge in [0.1, 0.15) is 0 Å². The number of nitrogens with one attached hydrogen (secondary N) is 1. The van der Waals surface area contributed by atoms with E-state index in [1.807, 2.05) is 0 Å². The van der Waals surface area contributed by atoms with E-state index in [4.69, 9.17) is 0 Å². The van der Waals surface area contributed by atoms with Crippen molar-refractivity contribution >= 4 is 0 Å². The number of benzene rings is 1. The third-order valence-electron chi connectivity index (χ3n) is 3.85. The summed E-state index contributed by atoms with van der Waals surface area (Å²) in [5.74, 6) is 0. The van der Waals surface area contributed by atoms with E-state index in [-0.39, 0.29) is 0 Å². The van der Waals surface area contributed by atoms with Crippen LogP contribution in [0.2, 0.25) is 0 Å². The lowest BCUT2D eigenvalue weighted by Gasteiger charge is -2.32. The first-order valence-electron chi connectivity index (χ1n) is 6.98. The molecule has 1 aliphatic carbocycles. The fraction of sp³-hybridized carbons (Fsp3) is 0.600. The van der Waals surface area contributed by atoms with Crippen molar-refractivity contribution in [2.45, 2.75) is 50.4 Å². The molecule has 0 heterocycles. The first kappa shape index (κ1) is 15.3. The van der Waals surface area contributed by atoms with Gasteiger partial charge in [-0.25, -0.2) is 0 Å². The average Bonchev–Trinajstić information content (AvgIpc) is 2.39. The third-order valence-corrected chi connectivity index (χ3v) is 3.85. The lowest BCUT2D eigenvalue weighted by molar-refractivity contribution is -0.137. The Balaban J connectivity index is 1.82. The van der Waals surface area contributed by atoms with Crippen molar-refractivity contribution in [3.05, 3.63) is 35.4 Å². The lowest BCUT2D eigenvalue weighted by atomic mass is 9.85. The maximum atomic E-state index is 12.4. The number of hydrogen-bond donors (Lipinski definition) is 2. The highest BCUT2D eigenvalue weighted by Gasteiger charge is 2.30. The highest BCUT2D eigenvalue weighted by Crippen LogP contribution is 2.29. The van der Waals surface area contributed by atoms with Gasteiger partial charge in [0.05, 0.1) is 11.2 Å². The van der Waals surface area contributed by atoms with Gasteiger partial charge in [-0.05, 0) is 30.5 Å². The molecule has 20 heavy (non-hydrogen) atoms. The molecular weight excluding hydrogens is 267 g/mol. The second-order valence-corrected chi connectivity index (χ2v) is 5.58. The molecule has 2 rings (SSSR count). The molecule has 1 saturated carbocycles. The molecule has 5 heteroatoms. The minimum Gasteiger partial charge on any atom is -0.389 e. The average molecular weight is 287 g/mol. The molecule has 0 amide bonds. The zero-order valence-electron chi connectivity index (χ0n) is 11.3. The minimum atomic E-state index is -4.29. The maximum absolute atomic E-state index is 12.4. The van der Waals surface area contributed by atoms with Crippen LogP contribution in [0.3, 0.4) is 0 Å². The topological polar surface area (TPSA) is 32.3 Å². The standard InChI is InChI=1S/C15H20F3NO/c16-15(17,18)13-6-4-12(5-7-13)10-19-11-14(20)8-2-1-3-9-14/h4-7,19-20H,1-3,8-11H2. The van der Waals surface area contributed by atoms with Gasteiger partial charge in [0, 0.05) is 13.1 Å². The van der Waals surface area contributed by atoms with Gasteiger partial charge < -0.3 is 10.4 Å². The van der Waals surface area contributed by atoms with Gasteiger partial charge in [-0.3, -0.25) is 0 Å². The SMILES string of the molecule is OC1(CNCc2ccc(C(F)(F)F)cc2)CCCCC1. The van der Waals surface area contributed by atoms with E-state index >= 15 is 0 Å². The number of aliphatic hydroxyl groups is 1. The van der Waals surface area contributed by atoms with E-state index < -0.39 is 17.3 Å². The number of rotatable bonds is 4. The van der Waals surface area contributed by atoms with Crippen LogP contribution in [0.15, 0.2) is 24.3 Å². The van der Waals surface area contributed by atoms with Crippen molar-refractivity contribution in [3.63, 3.8) is 0 Å². The number of alkyl halides is 3. The van der Waals surface area contributed by atoms with Crippen LogP contribution in [-0.2, 0) is 12.7 Å². The molecule has 0 spiro atoms. The molecule has 0 aromatic heterocycles. The zero-order chi connectivity index (χ0) is 14.6. The summed E-state index contributed by atoms with van der Waals surface area (Å²) >= 11 is 0. The summed E-state index contributed by atoms with van der Waals surface area (Å²) in [5, 5.41) is 13.4. The molecule has 1 aromatic rings. The Morgan fingerprint density at radius 3 is 2.20 bits per heavy atom. The van der Waals surface area contributed by atoms with Crippen LogP contribution < -0.4 is 5.32 Å². The molecule has 1 fully saturated rings. The van der Waals surface area contributed by atoms with Gasteiger partial charge in [0.2, 0.25) is 0 Å². The Morgan fingerprint density at radius 1 is 1.05 bits per heavy atom. The molecule has 112 valence electrons. The Hall–Kier alpha value is -1.07. The predicted octanol–water partition coefficient (Wildman–Crippen LogP) is 3.49. The lowest BCUT2D eigenvalue weighted by Crippen LogP contribution is -2.41. The summed E-state index contributed by atoms with van der Waals surface area (Å²) < 4.78 is 37.2. The van der Waals surface area contributed by atoms with Crippen molar-refractivity contribution in [1.29, 1.82) is 0 Å². The molecule has 1 aromatic carbocycles. The maximum Gasteiger partial charge on any atom is 0.416 e. The minimum absolute atomic E-state index is 0.473. The van der Waals surface area contributed by atoms with Crippen molar-refractivity contribution in [1.82, 2.24) is 5.32 Å². The van der Waals surface area contributed by atoms with E-state index in [1.54, 1.807) is 0 Å². The third kappa shape index (κ3) is 4.21. The van der Waals surface area contributed by atoms with Gasteiger partial charge in [0.15, 0.2) is 0 Å². The highest BCUT2D eigenvalue weighted by atomic mass is 19.4. The van der Waals surface area contributed by atoms with Crippen LogP contribution in [-0.4, -0.2) is 17.3 Å². The molecule has 0 atom stereocenters. The number of halogens is 3. The van der Waals surface area contributed by atoms with Crippen LogP contribution in [0.5, 0.6) is 0 Å². The van der Waals surface area contributed by atoms with Gasteiger partial charge in [-0.1, -0.05) is 31.4 Å². The summed E-state index contributed by atoms with van der Waals surface area (Å²) in [5.41, 5.74) is -0.492.